The van der Waals surface area contributed by atoms with Crippen LogP contribution in [0.3, 0.4) is 0 Å². The van der Waals surface area contributed by atoms with E-state index in [-0.39, 0.29) is 11.6 Å². The minimum Gasteiger partial charge on any atom is -0.295 e. The molecule has 14 heavy (non-hydrogen) atoms. The zero-order chi connectivity index (χ0) is 10.3. The lowest BCUT2D eigenvalue weighted by Crippen LogP contribution is -2.02. The van der Waals surface area contributed by atoms with Gasteiger partial charge in [0.1, 0.15) is 0 Å². The minimum absolute atomic E-state index is 0.0518. The lowest BCUT2D eigenvalue weighted by atomic mass is 9.97. The van der Waals surface area contributed by atoms with Gasteiger partial charge in [0.2, 0.25) is 0 Å². The number of hydrogen-bond donors (Lipinski definition) is 0. The third-order valence-electron chi connectivity index (χ3n) is 2.78. The van der Waals surface area contributed by atoms with Crippen molar-refractivity contribution in [3.05, 3.63) is 34.4 Å². The Morgan fingerprint density at radius 3 is 2.64 bits per heavy atom. The van der Waals surface area contributed by atoms with Crippen molar-refractivity contribution in [1.82, 2.24) is 0 Å². The summed E-state index contributed by atoms with van der Waals surface area (Å²) in [5.74, 6) is 0.233. The fourth-order valence-electron chi connectivity index (χ4n) is 2.11. The first kappa shape index (κ1) is 9.13. The van der Waals surface area contributed by atoms with Gasteiger partial charge in [-0.2, -0.15) is 0 Å². The molecular formula is C12H12O2. The van der Waals surface area contributed by atoms with Gasteiger partial charge in [0.15, 0.2) is 11.6 Å². The topological polar surface area (TPSA) is 34.1 Å². The molecule has 2 nitrogen and oxygen atoms in total. The van der Waals surface area contributed by atoms with Crippen molar-refractivity contribution < 1.29 is 9.59 Å². The molecule has 2 rings (SSSR count). The maximum Gasteiger partial charge on any atom is 0.163 e. The van der Waals surface area contributed by atoms with Crippen LogP contribution in [0.25, 0.3) is 0 Å². The van der Waals surface area contributed by atoms with Crippen LogP contribution in [0.2, 0.25) is 0 Å². The van der Waals surface area contributed by atoms with Crippen LogP contribution in [0.1, 0.15) is 45.2 Å². The number of Topliss-reactive ketones (excluding diaryl/α,β-unsaturated/α-hetero) is 2. The smallest absolute Gasteiger partial charge is 0.163 e. The van der Waals surface area contributed by atoms with Crippen molar-refractivity contribution in [3.63, 3.8) is 0 Å². The first-order chi connectivity index (χ1) is 6.61. The molecule has 0 unspecified atom stereocenters. The zero-order valence-electron chi connectivity index (χ0n) is 8.39. The van der Waals surface area contributed by atoms with E-state index in [0.29, 0.717) is 6.42 Å². The summed E-state index contributed by atoms with van der Waals surface area (Å²) in [5.41, 5.74) is 3.46. The number of rotatable bonds is 1. The molecule has 0 spiro atoms. The summed E-state index contributed by atoms with van der Waals surface area (Å²) in [7, 11) is 0. The van der Waals surface area contributed by atoms with Crippen LogP contribution in [-0.4, -0.2) is 11.6 Å². The maximum atomic E-state index is 11.5. The molecule has 0 bridgehead atoms. The van der Waals surface area contributed by atoms with Gasteiger partial charge in [0, 0.05) is 17.5 Å². The summed E-state index contributed by atoms with van der Waals surface area (Å²) in [6, 6.07) is 3.69. The summed E-state index contributed by atoms with van der Waals surface area (Å²) in [5, 5.41) is 0. The molecule has 0 saturated carbocycles. The summed E-state index contributed by atoms with van der Waals surface area (Å²) in [4.78, 5) is 22.9. The van der Waals surface area contributed by atoms with Crippen LogP contribution < -0.4 is 0 Å². The Morgan fingerprint density at radius 1 is 1.29 bits per heavy atom. The number of fused-ring (bicyclic) bond motifs is 1. The first-order valence-electron chi connectivity index (χ1n) is 4.78. The summed E-state index contributed by atoms with van der Waals surface area (Å²) in [6.45, 7) is 3.47. The molecular weight excluding hydrogens is 176 g/mol. The largest absolute Gasteiger partial charge is 0.295 e. The van der Waals surface area contributed by atoms with Crippen molar-refractivity contribution in [2.24, 2.45) is 0 Å². The van der Waals surface area contributed by atoms with E-state index in [2.05, 4.69) is 0 Å². The molecule has 1 aromatic rings. The fraction of sp³-hybridized carbons (Fsp3) is 0.333. The second kappa shape index (κ2) is 3.05. The molecule has 0 atom stereocenters. The van der Waals surface area contributed by atoms with Crippen LogP contribution in [0, 0.1) is 6.92 Å². The highest BCUT2D eigenvalue weighted by atomic mass is 16.1. The van der Waals surface area contributed by atoms with Crippen LogP contribution >= 0.6 is 0 Å². The Labute approximate surface area is 82.9 Å². The van der Waals surface area contributed by atoms with Gasteiger partial charge in [-0.25, -0.2) is 0 Å². The zero-order valence-corrected chi connectivity index (χ0v) is 8.39. The van der Waals surface area contributed by atoms with Crippen LogP contribution in [-0.2, 0) is 6.42 Å². The fourth-order valence-corrected chi connectivity index (χ4v) is 2.11. The third kappa shape index (κ3) is 1.18. The molecule has 0 heterocycles. The van der Waals surface area contributed by atoms with Gasteiger partial charge in [0.05, 0.1) is 0 Å². The average Bonchev–Trinajstić information content (AvgIpc) is 2.49. The first-order valence-corrected chi connectivity index (χ1v) is 4.78. The van der Waals surface area contributed by atoms with Crippen molar-refractivity contribution in [1.29, 1.82) is 0 Å². The van der Waals surface area contributed by atoms with Gasteiger partial charge in [0.25, 0.3) is 0 Å². The predicted molar refractivity (Wildman–Crippen MR) is 53.8 cm³/mol. The number of aryl methyl sites for hydroxylation is 1. The number of hydrogen-bond acceptors (Lipinski definition) is 2. The van der Waals surface area contributed by atoms with Gasteiger partial charge in [-0.1, -0.05) is 12.1 Å². The van der Waals surface area contributed by atoms with E-state index in [4.69, 9.17) is 0 Å². The highest BCUT2D eigenvalue weighted by Crippen LogP contribution is 2.28. The second-order valence-electron chi connectivity index (χ2n) is 3.76. The van der Waals surface area contributed by atoms with Crippen LogP contribution in [0.15, 0.2) is 12.1 Å². The maximum absolute atomic E-state index is 11.5. The molecule has 0 N–H and O–H groups in total. The predicted octanol–water partition coefficient (Wildman–Crippen LogP) is 2.33. The Hall–Kier alpha value is -1.44. The molecule has 0 aliphatic heterocycles. The second-order valence-corrected chi connectivity index (χ2v) is 3.76. The van der Waals surface area contributed by atoms with E-state index in [1.54, 1.807) is 6.92 Å². The number of benzene rings is 1. The highest BCUT2D eigenvalue weighted by Gasteiger charge is 2.25. The SMILES string of the molecule is CC(=O)c1ccc(C)c2c1CCC2=O. The highest BCUT2D eigenvalue weighted by molar-refractivity contribution is 6.06. The molecule has 1 aliphatic rings. The lowest BCUT2D eigenvalue weighted by molar-refractivity contribution is 0.0992. The molecule has 0 amide bonds. The van der Waals surface area contributed by atoms with Crippen molar-refractivity contribution >= 4 is 11.6 Å². The normalized spacial score (nSPS) is 14.3. The Balaban J connectivity index is 2.70. The quantitative estimate of drug-likeness (QED) is 0.634. The van der Waals surface area contributed by atoms with Crippen molar-refractivity contribution in [2.75, 3.05) is 0 Å². The number of ketones is 2. The van der Waals surface area contributed by atoms with E-state index in [1.165, 1.54) is 0 Å². The van der Waals surface area contributed by atoms with Gasteiger partial charge in [-0.3, -0.25) is 9.59 Å². The minimum atomic E-state index is 0.0518. The number of carbonyl (C=O) groups is 2. The summed E-state index contributed by atoms with van der Waals surface area (Å²) >= 11 is 0. The average molecular weight is 188 g/mol. The van der Waals surface area contributed by atoms with E-state index >= 15 is 0 Å². The molecule has 0 fully saturated rings. The van der Waals surface area contributed by atoms with E-state index < -0.39 is 0 Å². The molecule has 0 saturated heterocycles. The summed E-state index contributed by atoms with van der Waals surface area (Å²) < 4.78 is 0. The molecule has 72 valence electrons. The van der Waals surface area contributed by atoms with Crippen molar-refractivity contribution in [2.45, 2.75) is 26.7 Å². The standard InChI is InChI=1S/C12H12O2/c1-7-3-4-9(8(2)13)10-5-6-11(14)12(7)10/h3-4H,5-6H2,1-2H3. The van der Waals surface area contributed by atoms with E-state index in [1.807, 2.05) is 19.1 Å². The summed E-state index contributed by atoms with van der Waals surface area (Å²) in [6.07, 6.45) is 1.28. The third-order valence-corrected chi connectivity index (χ3v) is 2.78. The Morgan fingerprint density at radius 2 is 2.00 bits per heavy atom. The molecule has 1 aliphatic carbocycles. The van der Waals surface area contributed by atoms with Crippen molar-refractivity contribution in [3.8, 4) is 0 Å². The molecule has 2 heteroatoms. The van der Waals surface area contributed by atoms with Crippen LogP contribution in [0.5, 0.6) is 0 Å². The van der Waals surface area contributed by atoms with Crippen LogP contribution in [0.4, 0.5) is 0 Å². The van der Waals surface area contributed by atoms with Gasteiger partial charge < -0.3 is 0 Å². The number of carbonyl (C=O) groups excluding carboxylic acids is 2. The Kier molecular flexibility index (Phi) is 1.99. The lowest BCUT2D eigenvalue weighted by Gasteiger charge is -2.06. The monoisotopic (exact) mass is 188 g/mol. The molecule has 0 aromatic heterocycles. The Bertz CT molecular complexity index is 430. The van der Waals surface area contributed by atoms with E-state index in [0.717, 1.165) is 28.7 Å². The molecule has 1 aromatic carbocycles. The molecule has 0 radical (unpaired) electrons. The van der Waals surface area contributed by atoms with Gasteiger partial charge in [-0.05, 0) is 31.4 Å². The van der Waals surface area contributed by atoms with Gasteiger partial charge in [-0.15, -0.1) is 0 Å². The van der Waals surface area contributed by atoms with Gasteiger partial charge >= 0.3 is 0 Å². The van der Waals surface area contributed by atoms with E-state index in [9.17, 15) is 9.59 Å².